The minimum absolute atomic E-state index is 0.0345. The number of amides is 1. The molecule has 1 saturated heterocycles. The number of aliphatic carboxylic acids is 1. The van der Waals surface area contributed by atoms with Crippen molar-refractivity contribution < 1.29 is 14.7 Å². The highest BCUT2D eigenvalue weighted by Gasteiger charge is 2.24. The summed E-state index contributed by atoms with van der Waals surface area (Å²) in [5.41, 5.74) is 3.22. The van der Waals surface area contributed by atoms with Crippen LogP contribution in [-0.4, -0.2) is 26.7 Å². The number of hydrogen-bond donors (Lipinski definition) is 2. The number of carboxylic acid groups (broad SMARTS) is 1. The molecule has 1 aliphatic rings. The molecule has 0 saturated carbocycles. The first-order valence-electron chi connectivity index (χ1n) is 9.01. The molecule has 0 atom stereocenters. The Morgan fingerprint density at radius 2 is 1.87 bits per heavy atom. The Labute approximate surface area is 185 Å². The zero-order valence-corrected chi connectivity index (χ0v) is 18.0. The van der Waals surface area contributed by atoms with E-state index in [1.165, 1.54) is 11.8 Å². The van der Waals surface area contributed by atoms with Gasteiger partial charge in [0.1, 0.15) is 0 Å². The molecule has 2 heterocycles. The van der Waals surface area contributed by atoms with E-state index in [1.54, 1.807) is 24.3 Å². The molecule has 0 aliphatic carbocycles. The second-order valence-corrected chi connectivity index (χ2v) is 8.44. The van der Waals surface area contributed by atoms with Crippen molar-refractivity contribution >= 4 is 56.5 Å². The number of carbonyl (C=O) groups is 2. The van der Waals surface area contributed by atoms with Gasteiger partial charge in [-0.1, -0.05) is 28.1 Å². The van der Waals surface area contributed by atoms with E-state index in [1.807, 2.05) is 53.2 Å². The molecule has 0 spiro atoms. The van der Waals surface area contributed by atoms with Gasteiger partial charge in [-0.25, -0.2) is 4.99 Å². The van der Waals surface area contributed by atoms with Crippen LogP contribution in [0.3, 0.4) is 0 Å². The summed E-state index contributed by atoms with van der Waals surface area (Å²) in [4.78, 5) is 28.2. The number of carboxylic acids is 1. The summed E-state index contributed by atoms with van der Waals surface area (Å²) < 4.78 is 3.00. The molecule has 8 heteroatoms. The monoisotopic (exact) mass is 481 g/mol. The molecular weight excluding hydrogens is 466 g/mol. The van der Waals surface area contributed by atoms with Gasteiger partial charge in [0.05, 0.1) is 17.0 Å². The quantitative estimate of drug-likeness (QED) is 0.514. The number of aliphatic imine (C=N–C) groups is 1. The summed E-state index contributed by atoms with van der Waals surface area (Å²) in [6.45, 7) is 0. The Kier molecular flexibility index (Phi) is 5.87. The van der Waals surface area contributed by atoms with Crippen molar-refractivity contribution in [1.82, 2.24) is 9.88 Å². The van der Waals surface area contributed by atoms with Gasteiger partial charge in [-0.3, -0.25) is 9.59 Å². The zero-order chi connectivity index (χ0) is 21.1. The first-order chi connectivity index (χ1) is 14.5. The maximum Gasteiger partial charge on any atom is 0.307 e. The summed E-state index contributed by atoms with van der Waals surface area (Å²) in [5.74, 6) is -1.08. The van der Waals surface area contributed by atoms with Crippen molar-refractivity contribution in [3.05, 3.63) is 87.5 Å². The number of amidine groups is 1. The number of hydrogen-bond acceptors (Lipinski definition) is 4. The van der Waals surface area contributed by atoms with Crippen LogP contribution in [0.5, 0.6) is 0 Å². The van der Waals surface area contributed by atoms with Gasteiger partial charge < -0.3 is 15.0 Å². The van der Waals surface area contributed by atoms with Crippen LogP contribution < -0.4 is 5.32 Å². The average molecular weight is 482 g/mol. The fourth-order valence-electron chi connectivity index (χ4n) is 2.94. The van der Waals surface area contributed by atoms with Crippen LogP contribution in [0.1, 0.15) is 11.3 Å². The molecule has 1 aromatic heterocycles. The van der Waals surface area contributed by atoms with Crippen molar-refractivity contribution in [3.63, 3.8) is 0 Å². The normalized spacial score (nSPS) is 16.2. The highest BCUT2D eigenvalue weighted by molar-refractivity contribution is 9.10. The summed E-state index contributed by atoms with van der Waals surface area (Å²) in [6.07, 6.45) is 3.74. The molecule has 30 heavy (non-hydrogen) atoms. The minimum Gasteiger partial charge on any atom is -0.481 e. The SMILES string of the molecule is O=C(O)Cc1ccc(N=C2NC(=O)C(=Cc3cccn3-c3ccc(Br)cc3)S2)cc1. The Balaban J connectivity index is 1.54. The maximum absolute atomic E-state index is 12.4. The maximum atomic E-state index is 12.4. The molecule has 6 nitrogen and oxygen atoms in total. The van der Waals surface area contributed by atoms with Crippen molar-refractivity contribution in [1.29, 1.82) is 0 Å². The summed E-state index contributed by atoms with van der Waals surface area (Å²) in [5, 5.41) is 12.1. The van der Waals surface area contributed by atoms with Crippen molar-refractivity contribution in [3.8, 4) is 5.69 Å². The second-order valence-electron chi connectivity index (χ2n) is 6.50. The van der Waals surface area contributed by atoms with Gasteiger partial charge in [-0.2, -0.15) is 0 Å². The molecule has 0 radical (unpaired) electrons. The van der Waals surface area contributed by atoms with Crippen LogP contribution >= 0.6 is 27.7 Å². The number of nitrogens with one attached hydrogen (secondary N) is 1. The number of nitrogens with zero attached hydrogens (tertiary/aromatic N) is 2. The lowest BCUT2D eigenvalue weighted by atomic mass is 10.1. The van der Waals surface area contributed by atoms with Gasteiger partial charge in [-0.15, -0.1) is 0 Å². The lowest BCUT2D eigenvalue weighted by molar-refractivity contribution is -0.136. The van der Waals surface area contributed by atoms with Gasteiger partial charge in [0, 0.05) is 22.1 Å². The van der Waals surface area contributed by atoms with Crippen molar-refractivity contribution in [2.45, 2.75) is 6.42 Å². The molecule has 0 bridgehead atoms. The van der Waals surface area contributed by atoms with E-state index in [4.69, 9.17) is 5.11 Å². The first-order valence-corrected chi connectivity index (χ1v) is 10.6. The Morgan fingerprint density at radius 3 is 2.57 bits per heavy atom. The number of aromatic nitrogens is 1. The smallest absolute Gasteiger partial charge is 0.307 e. The second kappa shape index (κ2) is 8.73. The first kappa shape index (κ1) is 20.2. The summed E-state index contributed by atoms with van der Waals surface area (Å²) in [7, 11) is 0. The molecule has 1 aliphatic heterocycles. The van der Waals surface area contributed by atoms with Gasteiger partial charge in [-0.05, 0) is 71.9 Å². The molecule has 1 fully saturated rings. The Morgan fingerprint density at radius 1 is 1.13 bits per heavy atom. The molecule has 1 amide bonds. The highest BCUT2D eigenvalue weighted by atomic mass is 79.9. The van der Waals surface area contributed by atoms with Gasteiger partial charge in [0.2, 0.25) is 0 Å². The van der Waals surface area contributed by atoms with Crippen molar-refractivity contribution in [2.75, 3.05) is 0 Å². The van der Waals surface area contributed by atoms with E-state index in [9.17, 15) is 9.59 Å². The predicted molar refractivity (Wildman–Crippen MR) is 122 cm³/mol. The third-order valence-electron chi connectivity index (χ3n) is 4.34. The number of thioether (sulfide) groups is 1. The van der Waals surface area contributed by atoms with Gasteiger partial charge >= 0.3 is 5.97 Å². The standard InChI is InChI=1S/C22H16BrN3O3S/c23-15-5-9-17(10-6-15)26-11-1-2-18(26)13-19-21(29)25-22(30-19)24-16-7-3-14(4-8-16)12-20(27)28/h1-11,13H,12H2,(H,27,28)(H,24,25,29). The van der Waals surface area contributed by atoms with Crippen LogP contribution in [0.2, 0.25) is 0 Å². The fourth-order valence-corrected chi connectivity index (χ4v) is 4.03. The van der Waals surface area contributed by atoms with Gasteiger partial charge in [0.25, 0.3) is 5.91 Å². The van der Waals surface area contributed by atoms with Crippen LogP contribution in [0.4, 0.5) is 5.69 Å². The van der Waals surface area contributed by atoms with E-state index in [0.717, 1.165) is 15.9 Å². The molecule has 2 N–H and O–H groups in total. The van der Waals surface area contributed by atoms with Gasteiger partial charge in [0.15, 0.2) is 5.17 Å². The summed E-state index contributed by atoms with van der Waals surface area (Å²) in [6, 6.07) is 18.7. The molecule has 150 valence electrons. The number of halogens is 1. The highest BCUT2D eigenvalue weighted by Crippen LogP contribution is 2.29. The largest absolute Gasteiger partial charge is 0.481 e. The van der Waals surface area contributed by atoms with Crippen LogP contribution in [-0.2, 0) is 16.0 Å². The van der Waals surface area contributed by atoms with E-state index < -0.39 is 5.97 Å². The van der Waals surface area contributed by atoms with E-state index in [2.05, 4.69) is 26.2 Å². The van der Waals surface area contributed by atoms with Crippen LogP contribution in [0.15, 0.2) is 81.2 Å². The predicted octanol–water partition coefficient (Wildman–Crippen LogP) is 4.76. The van der Waals surface area contributed by atoms with Crippen LogP contribution in [0, 0.1) is 0 Å². The Hall–Kier alpha value is -3.10. The number of rotatable bonds is 5. The average Bonchev–Trinajstić information content (AvgIpc) is 3.30. The topological polar surface area (TPSA) is 83.7 Å². The molecule has 4 rings (SSSR count). The van der Waals surface area contributed by atoms with E-state index in [0.29, 0.717) is 21.3 Å². The Bertz CT molecular complexity index is 1170. The third kappa shape index (κ3) is 4.72. The molecule has 3 aromatic rings. The van der Waals surface area contributed by atoms with E-state index >= 15 is 0 Å². The lowest BCUT2D eigenvalue weighted by Gasteiger charge is -2.07. The zero-order valence-electron chi connectivity index (χ0n) is 15.6. The fraction of sp³-hybridized carbons (Fsp3) is 0.0455. The lowest BCUT2D eigenvalue weighted by Crippen LogP contribution is -2.19. The molecule has 0 unspecified atom stereocenters. The van der Waals surface area contributed by atoms with Crippen LogP contribution in [0.25, 0.3) is 11.8 Å². The minimum atomic E-state index is -0.879. The van der Waals surface area contributed by atoms with Crippen molar-refractivity contribution in [2.24, 2.45) is 4.99 Å². The van der Waals surface area contributed by atoms with E-state index in [-0.39, 0.29) is 12.3 Å². The number of benzene rings is 2. The molecule has 2 aromatic carbocycles. The molecular formula is C22H16BrN3O3S. The number of carbonyl (C=O) groups excluding carboxylic acids is 1. The third-order valence-corrected chi connectivity index (χ3v) is 5.78. The summed E-state index contributed by atoms with van der Waals surface area (Å²) >= 11 is 4.71.